The topological polar surface area (TPSA) is 88.0 Å². The van der Waals surface area contributed by atoms with Crippen molar-refractivity contribution in [2.24, 2.45) is 7.05 Å². The highest BCUT2D eigenvalue weighted by molar-refractivity contribution is 7.99. The molecule has 7 heteroatoms. The molecule has 6 nitrogen and oxygen atoms in total. The normalized spacial score (nSPS) is 10.1. The summed E-state index contributed by atoms with van der Waals surface area (Å²) >= 11 is 0.997. The van der Waals surface area contributed by atoms with Crippen LogP contribution in [-0.4, -0.2) is 31.6 Å². The van der Waals surface area contributed by atoms with E-state index in [0.717, 1.165) is 11.8 Å². The van der Waals surface area contributed by atoms with Gasteiger partial charge in [-0.3, -0.25) is 9.36 Å². The second-order valence-electron chi connectivity index (χ2n) is 2.05. The van der Waals surface area contributed by atoms with E-state index >= 15 is 0 Å². The van der Waals surface area contributed by atoms with E-state index in [4.69, 9.17) is 5.11 Å². The van der Waals surface area contributed by atoms with Gasteiger partial charge in [0.2, 0.25) is 0 Å². The Hall–Kier alpha value is -1.24. The van der Waals surface area contributed by atoms with E-state index in [0.29, 0.717) is 5.16 Å². The first-order valence-corrected chi connectivity index (χ1v) is 4.06. The van der Waals surface area contributed by atoms with Crippen molar-refractivity contribution in [1.29, 1.82) is 0 Å². The summed E-state index contributed by atoms with van der Waals surface area (Å²) < 4.78 is 1.26. The number of nitrogens with zero attached hydrogens (tertiary/aromatic N) is 2. The summed E-state index contributed by atoms with van der Waals surface area (Å²) in [5.41, 5.74) is -0.345. The molecule has 0 aliphatic carbocycles. The summed E-state index contributed by atoms with van der Waals surface area (Å²) in [4.78, 5) is 20.9. The monoisotopic (exact) mass is 189 g/mol. The standard InChI is InChI=1S/C5H7N3O3S/c1-8-4(11)6-7-5(8)12-2-3(9)10/h2H2,1H3,(H,6,11)(H,9,10). The number of aliphatic carboxylic acids is 1. The molecule has 12 heavy (non-hydrogen) atoms. The Bertz CT molecular complexity index is 342. The number of carboxylic acid groups (broad SMARTS) is 1. The highest BCUT2D eigenvalue weighted by Crippen LogP contribution is 2.10. The second kappa shape index (κ2) is 3.44. The first-order chi connectivity index (χ1) is 5.61. The Kier molecular flexibility index (Phi) is 2.54. The van der Waals surface area contributed by atoms with Crippen LogP contribution in [0.1, 0.15) is 0 Å². The molecule has 66 valence electrons. The van der Waals surface area contributed by atoms with E-state index in [2.05, 4.69) is 10.2 Å². The summed E-state index contributed by atoms with van der Waals surface area (Å²) in [7, 11) is 1.52. The fourth-order valence-corrected chi connectivity index (χ4v) is 1.23. The van der Waals surface area contributed by atoms with Gasteiger partial charge in [-0.2, -0.15) is 0 Å². The Morgan fingerprint density at radius 2 is 2.50 bits per heavy atom. The number of hydrogen-bond acceptors (Lipinski definition) is 4. The number of carboxylic acids is 1. The van der Waals surface area contributed by atoms with Crippen molar-refractivity contribution in [3.8, 4) is 0 Å². The number of nitrogens with one attached hydrogen (secondary N) is 1. The van der Waals surface area contributed by atoms with Crippen molar-refractivity contribution in [3.05, 3.63) is 10.5 Å². The second-order valence-corrected chi connectivity index (χ2v) is 3.00. The zero-order valence-electron chi connectivity index (χ0n) is 6.27. The number of H-pyrrole nitrogens is 1. The molecule has 0 bridgehead atoms. The van der Waals surface area contributed by atoms with Crippen molar-refractivity contribution in [3.63, 3.8) is 0 Å². The summed E-state index contributed by atoms with van der Waals surface area (Å²) in [5.74, 6) is -1.03. The SMILES string of the molecule is Cn1c(SCC(=O)O)n[nH]c1=O. The Morgan fingerprint density at radius 1 is 1.83 bits per heavy atom. The van der Waals surface area contributed by atoms with Gasteiger partial charge in [0.05, 0.1) is 5.75 Å². The number of rotatable bonds is 3. The lowest BCUT2D eigenvalue weighted by Crippen LogP contribution is -2.13. The lowest BCUT2D eigenvalue weighted by atomic mass is 10.8. The van der Waals surface area contributed by atoms with Gasteiger partial charge >= 0.3 is 11.7 Å². The van der Waals surface area contributed by atoms with Crippen LogP contribution in [0.3, 0.4) is 0 Å². The van der Waals surface area contributed by atoms with Crippen LogP contribution >= 0.6 is 11.8 Å². The largest absolute Gasteiger partial charge is 0.481 e. The zero-order chi connectivity index (χ0) is 9.14. The molecule has 1 heterocycles. The molecular weight excluding hydrogens is 182 g/mol. The zero-order valence-corrected chi connectivity index (χ0v) is 7.09. The van der Waals surface area contributed by atoms with Crippen LogP contribution in [0.5, 0.6) is 0 Å². The predicted octanol–water partition coefficient (Wildman–Crippen LogP) is -0.715. The van der Waals surface area contributed by atoms with Gasteiger partial charge in [0.1, 0.15) is 0 Å². The predicted molar refractivity (Wildman–Crippen MR) is 42.2 cm³/mol. The average Bonchev–Trinajstić information content (AvgIpc) is 2.30. The highest BCUT2D eigenvalue weighted by Gasteiger charge is 2.06. The minimum absolute atomic E-state index is 0.0991. The Labute approximate surface area is 71.6 Å². The summed E-state index contributed by atoms with van der Waals surface area (Å²) in [6, 6.07) is 0. The molecule has 1 rings (SSSR count). The maximum atomic E-state index is 10.8. The van der Waals surface area contributed by atoms with Gasteiger partial charge in [-0.1, -0.05) is 11.8 Å². The Morgan fingerprint density at radius 3 is 2.92 bits per heavy atom. The van der Waals surface area contributed by atoms with Crippen molar-refractivity contribution < 1.29 is 9.90 Å². The van der Waals surface area contributed by atoms with E-state index < -0.39 is 5.97 Å². The fourth-order valence-electron chi connectivity index (χ4n) is 0.588. The van der Waals surface area contributed by atoms with Gasteiger partial charge in [0, 0.05) is 7.05 Å². The molecule has 0 amide bonds. The van der Waals surface area contributed by atoms with Crippen LogP contribution in [0.4, 0.5) is 0 Å². The Balaban J connectivity index is 2.70. The van der Waals surface area contributed by atoms with Gasteiger partial charge in [-0.05, 0) is 0 Å². The molecule has 0 saturated heterocycles. The van der Waals surface area contributed by atoms with Gasteiger partial charge in [-0.15, -0.1) is 5.10 Å². The van der Waals surface area contributed by atoms with Crippen molar-refractivity contribution >= 4 is 17.7 Å². The molecule has 0 atom stereocenters. The summed E-state index contributed by atoms with van der Waals surface area (Å²) in [6.45, 7) is 0. The van der Waals surface area contributed by atoms with Crippen LogP contribution in [0.15, 0.2) is 9.95 Å². The number of aromatic nitrogens is 3. The first kappa shape index (κ1) is 8.85. The van der Waals surface area contributed by atoms with E-state index in [9.17, 15) is 9.59 Å². The first-order valence-electron chi connectivity index (χ1n) is 3.07. The minimum atomic E-state index is -0.935. The third-order valence-corrected chi connectivity index (χ3v) is 2.18. The van der Waals surface area contributed by atoms with E-state index in [1.807, 2.05) is 0 Å². The van der Waals surface area contributed by atoms with Crippen molar-refractivity contribution in [2.75, 3.05) is 5.75 Å². The molecule has 0 unspecified atom stereocenters. The van der Waals surface area contributed by atoms with Gasteiger partial charge in [0.25, 0.3) is 0 Å². The number of carbonyl (C=O) groups is 1. The van der Waals surface area contributed by atoms with Crippen LogP contribution in [-0.2, 0) is 11.8 Å². The number of thioether (sulfide) groups is 1. The molecule has 0 aromatic carbocycles. The third-order valence-electron chi connectivity index (χ3n) is 1.16. The molecule has 2 N–H and O–H groups in total. The fraction of sp³-hybridized carbons (Fsp3) is 0.400. The molecule has 0 aliphatic heterocycles. The summed E-state index contributed by atoms with van der Waals surface area (Å²) in [5, 5.41) is 14.5. The molecule has 0 radical (unpaired) electrons. The van der Waals surface area contributed by atoms with Crippen LogP contribution in [0.2, 0.25) is 0 Å². The maximum absolute atomic E-state index is 10.8. The van der Waals surface area contributed by atoms with E-state index in [1.165, 1.54) is 11.6 Å². The number of hydrogen-bond donors (Lipinski definition) is 2. The molecule has 0 fully saturated rings. The highest BCUT2D eigenvalue weighted by atomic mass is 32.2. The summed E-state index contributed by atoms with van der Waals surface area (Å²) in [6.07, 6.45) is 0. The molecule has 1 aromatic heterocycles. The maximum Gasteiger partial charge on any atom is 0.343 e. The van der Waals surface area contributed by atoms with Crippen LogP contribution < -0.4 is 5.69 Å². The van der Waals surface area contributed by atoms with Crippen LogP contribution in [0, 0.1) is 0 Å². The third kappa shape index (κ3) is 1.88. The van der Waals surface area contributed by atoms with Gasteiger partial charge < -0.3 is 5.11 Å². The van der Waals surface area contributed by atoms with Gasteiger partial charge in [0.15, 0.2) is 5.16 Å². The molecule has 0 aliphatic rings. The van der Waals surface area contributed by atoms with E-state index in [1.54, 1.807) is 0 Å². The lowest BCUT2D eigenvalue weighted by molar-refractivity contribution is -0.133. The lowest BCUT2D eigenvalue weighted by Gasteiger charge is -1.94. The van der Waals surface area contributed by atoms with Crippen molar-refractivity contribution in [2.45, 2.75) is 5.16 Å². The number of aromatic amines is 1. The minimum Gasteiger partial charge on any atom is -0.481 e. The molecule has 0 spiro atoms. The quantitative estimate of drug-likeness (QED) is 0.613. The molecular formula is C5H7N3O3S. The van der Waals surface area contributed by atoms with Gasteiger partial charge in [-0.25, -0.2) is 9.89 Å². The van der Waals surface area contributed by atoms with Crippen LogP contribution in [0.25, 0.3) is 0 Å². The van der Waals surface area contributed by atoms with Crippen molar-refractivity contribution in [1.82, 2.24) is 14.8 Å². The van der Waals surface area contributed by atoms with E-state index in [-0.39, 0.29) is 11.4 Å². The smallest absolute Gasteiger partial charge is 0.343 e. The molecule has 0 saturated carbocycles. The average molecular weight is 189 g/mol. The molecule has 1 aromatic rings.